The SMILES string of the molecule is Cc1ccc(C(OC[C@@H](NC(=O)OCC2c3ccccc3-c3ccccc32)[C@@H](C)OC(C)(C)C)(c2ccccc2)c2ccccc2Cl)cc1. The number of fused-ring (bicyclic) bond motifs is 3. The number of ether oxygens (including phenoxy) is 3. The monoisotopic (exact) mass is 673 g/mol. The van der Waals surface area contributed by atoms with Crippen LogP contribution in [-0.4, -0.2) is 37.1 Å². The van der Waals surface area contributed by atoms with Gasteiger partial charge in [-0.15, -0.1) is 0 Å². The molecule has 5 nitrogen and oxygen atoms in total. The van der Waals surface area contributed by atoms with E-state index in [9.17, 15) is 4.79 Å². The van der Waals surface area contributed by atoms with Crippen molar-refractivity contribution in [1.82, 2.24) is 5.32 Å². The molecule has 5 aromatic carbocycles. The fraction of sp³-hybridized carbons (Fsp3) is 0.279. The molecule has 0 aromatic heterocycles. The summed E-state index contributed by atoms with van der Waals surface area (Å²) < 4.78 is 19.5. The van der Waals surface area contributed by atoms with Crippen LogP contribution >= 0.6 is 11.6 Å². The number of rotatable bonds is 11. The Kier molecular flexibility index (Phi) is 10.3. The quantitative estimate of drug-likeness (QED) is 0.142. The third-order valence-electron chi connectivity index (χ3n) is 9.12. The van der Waals surface area contributed by atoms with E-state index in [4.69, 9.17) is 25.8 Å². The molecule has 49 heavy (non-hydrogen) atoms. The third kappa shape index (κ3) is 7.45. The van der Waals surface area contributed by atoms with Crippen molar-refractivity contribution in [3.63, 3.8) is 0 Å². The van der Waals surface area contributed by atoms with Gasteiger partial charge in [0.25, 0.3) is 0 Å². The Morgan fingerprint density at radius 1 is 0.755 bits per heavy atom. The molecule has 1 aliphatic rings. The molecule has 252 valence electrons. The van der Waals surface area contributed by atoms with Crippen LogP contribution in [0.15, 0.2) is 127 Å². The first-order valence-electron chi connectivity index (χ1n) is 16.9. The molecular weight excluding hydrogens is 630 g/mol. The zero-order valence-electron chi connectivity index (χ0n) is 28.8. The highest BCUT2D eigenvalue weighted by Gasteiger charge is 2.41. The highest BCUT2D eigenvalue weighted by Crippen LogP contribution is 2.45. The Labute approximate surface area is 295 Å². The van der Waals surface area contributed by atoms with Gasteiger partial charge in [0, 0.05) is 16.5 Å². The second kappa shape index (κ2) is 14.6. The van der Waals surface area contributed by atoms with Crippen LogP contribution < -0.4 is 5.32 Å². The van der Waals surface area contributed by atoms with Crippen molar-refractivity contribution < 1.29 is 19.0 Å². The van der Waals surface area contributed by atoms with E-state index < -0.39 is 29.4 Å². The van der Waals surface area contributed by atoms with Crippen LogP contribution in [-0.2, 0) is 19.8 Å². The summed E-state index contributed by atoms with van der Waals surface area (Å²) in [6.45, 7) is 10.3. The lowest BCUT2D eigenvalue weighted by atomic mass is 9.79. The molecule has 0 spiro atoms. The Bertz CT molecular complexity index is 1840. The van der Waals surface area contributed by atoms with Crippen molar-refractivity contribution in [1.29, 1.82) is 0 Å². The van der Waals surface area contributed by atoms with E-state index >= 15 is 0 Å². The zero-order valence-corrected chi connectivity index (χ0v) is 29.5. The largest absolute Gasteiger partial charge is 0.449 e. The number of aryl methyl sites for hydroxylation is 1. The Morgan fingerprint density at radius 2 is 1.31 bits per heavy atom. The maximum absolute atomic E-state index is 13.7. The van der Waals surface area contributed by atoms with E-state index in [-0.39, 0.29) is 19.1 Å². The van der Waals surface area contributed by atoms with E-state index in [1.807, 2.05) is 107 Å². The number of carbonyl (C=O) groups excluding carboxylic acids is 1. The van der Waals surface area contributed by atoms with Crippen molar-refractivity contribution in [2.45, 2.75) is 63.9 Å². The number of amides is 1. The van der Waals surface area contributed by atoms with Crippen LogP contribution in [0.2, 0.25) is 5.02 Å². The van der Waals surface area contributed by atoms with Gasteiger partial charge in [-0.25, -0.2) is 4.79 Å². The number of alkyl carbamates (subject to hydrolysis) is 1. The van der Waals surface area contributed by atoms with E-state index in [1.165, 1.54) is 11.1 Å². The lowest BCUT2D eigenvalue weighted by Gasteiger charge is -2.39. The molecule has 0 saturated heterocycles. The van der Waals surface area contributed by atoms with Gasteiger partial charge in [-0.1, -0.05) is 138 Å². The number of hydrogen-bond donors (Lipinski definition) is 1. The molecule has 1 N–H and O–H groups in total. The van der Waals surface area contributed by atoms with Gasteiger partial charge in [0.1, 0.15) is 12.2 Å². The molecule has 1 aliphatic carbocycles. The maximum Gasteiger partial charge on any atom is 0.407 e. The minimum absolute atomic E-state index is 0.0522. The van der Waals surface area contributed by atoms with Crippen LogP contribution in [0, 0.1) is 6.92 Å². The summed E-state index contributed by atoms with van der Waals surface area (Å²) in [7, 11) is 0. The summed E-state index contributed by atoms with van der Waals surface area (Å²) in [6, 6.07) is 42.2. The molecule has 0 saturated carbocycles. The van der Waals surface area contributed by atoms with Crippen LogP contribution in [0.3, 0.4) is 0 Å². The fourth-order valence-electron chi connectivity index (χ4n) is 6.87. The van der Waals surface area contributed by atoms with Crippen molar-refractivity contribution in [3.05, 3.63) is 166 Å². The summed E-state index contributed by atoms with van der Waals surface area (Å²) >= 11 is 6.97. The lowest BCUT2D eigenvalue weighted by molar-refractivity contribution is -0.0892. The van der Waals surface area contributed by atoms with E-state index in [0.717, 1.165) is 33.4 Å². The van der Waals surface area contributed by atoms with E-state index in [0.29, 0.717) is 5.02 Å². The summed E-state index contributed by atoms with van der Waals surface area (Å²) in [6.07, 6.45) is -0.948. The predicted molar refractivity (Wildman–Crippen MR) is 197 cm³/mol. The molecule has 6 rings (SSSR count). The number of nitrogens with one attached hydrogen (secondary N) is 1. The van der Waals surface area contributed by atoms with Gasteiger partial charge in [0.05, 0.1) is 24.4 Å². The van der Waals surface area contributed by atoms with Crippen molar-refractivity contribution >= 4 is 17.7 Å². The molecule has 0 fully saturated rings. The molecular formula is C43H44ClNO4. The van der Waals surface area contributed by atoms with Gasteiger partial charge in [-0.05, 0) is 74.1 Å². The first-order chi connectivity index (χ1) is 23.6. The normalized spacial score (nSPS) is 15.1. The zero-order chi connectivity index (χ0) is 34.6. The average molecular weight is 674 g/mol. The van der Waals surface area contributed by atoms with Gasteiger partial charge >= 0.3 is 6.09 Å². The highest BCUT2D eigenvalue weighted by atomic mass is 35.5. The van der Waals surface area contributed by atoms with Crippen molar-refractivity contribution in [2.24, 2.45) is 0 Å². The van der Waals surface area contributed by atoms with Gasteiger partial charge in [-0.2, -0.15) is 0 Å². The third-order valence-corrected chi connectivity index (χ3v) is 9.45. The van der Waals surface area contributed by atoms with Gasteiger partial charge < -0.3 is 19.5 Å². The first-order valence-corrected chi connectivity index (χ1v) is 17.3. The topological polar surface area (TPSA) is 56.8 Å². The molecule has 1 unspecified atom stereocenters. The summed E-state index contributed by atoms with van der Waals surface area (Å²) in [5, 5.41) is 3.69. The van der Waals surface area contributed by atoms with Gasteiger partial charge in [0.2, 0.25) is 0 Å². The summed E-state index contributed by atoms with van der Waals surface area (Å²) in [5.41, 5.74) is 6.89. The summed E-state index contributed by atoms with van der Waals surface area (Å²) in [4.78, 5) is 13.7. The molecule has 3 atom stereocenters. The predicted octanol–water partition coefficient (Wildman–Crippen LogP) is 10.1. The number of hydrogen-bond acceptors (Lipinski definition) is 4. The van der Waals surface area contributed by atoms with Crippen LogP contribution in [0.5, 0.6) is 0 Å². The standard InChI is InChI=1S/C43H44ClNO4/c1-29-23-25-32(26-24-29)43(31-15-7-6-8-16-31,38-21-13-14-22-39(38)44)48-28-40(30(2)49-42(3,4)5)45-41(46)47-27-37-35-19-11-9-17-33(35)34-18-10-12-20-36(34)37/h6-26,30,37,40H,27-28H2,1-5H3,(H,45,46)/t30-,40-,43?/m1/s1. The fourth-order valence-corrected chi connectivity index (χ4v) is 7.14. The Morgan fingerprint density at radius 3 is 1.92 bits per heavy atom. The van der Waals surface area contributed by atoms with Crippen LogP contribution in [0.1, 0.15) is 67.0 Å². The van der Waals surface area contributed by atoms with E-state index in [1.54, 1.807) is 0 Å². The molecule has 0 heterocycles. The van der Waals surface area contributed by atoms with Gasteiger partial charge in [-0.3, -0.25) is 0 Å². The molecule has 1 amide bonds. The number of carbonyl (C=O) groups is 1. The Hall–Kier alpha value is -4.42. The smallest absolute Gasteiger partial charge is 0.407 e. The lowest BCUT2D eigenvalue weighted by Crippen LogP contribution is -2.50. The van der Waals surface area contributed by atoms with Crippen molar-refractivity contribution in [3.8, 4) is 11.1 Å². The molecule has 6 heteroatoms. The Balaban J connectivity index is 1.31. The minimum atomic E-state index is -1.09. The van der Waals surface area contributed by atoms with E-state index in [2.05, 4.69) is 60.8 Å². The number of benzene rings is 5. The highest BCUT2D eigenvalue weighted by molar-refractivity contribution is 6.31. The van der Waals surface area contributed by atoms with Crippen LogP contribution in [0.25, 0.3) is 11.1 Å². The second-order valence-corrected chi connectivity index (χ2v) is 14.1. The molecule has 0 aliphatic heterocycles. The molecule has 0 radical (unpaired) electrons. The van der Waals surface area contributed by atoms with Crippen molar-refractivity contribution in [2.75, 3.05) is 13.2 Å². The number of halogens is 1. The first kappa shape index (κ1) is 34.4. The molecule has 0 bridgehead atoms. The van der Waals surface area contributed by atoms with Gasteiger partial charge in [0.15, 0.2) is 0 Å². The summed E-state index contributed by atoms with van der Waals surface area (Å²) in [5.74, 6) is -0.0522. The van der Waals surface area contributed by atoms with Crippen LogP contribution in [0.4, 0.5) is 4.79 Å². The minimum Gasteiger partial charge on any atom is -0.449 e. The average Bonchev–Trinajstić information content (AvgIpc) is 3.41. The maximum atomic E-state index is 13.7. The molecule has 5 aromatic rings. The second-order valence-electron chi connectivity index (χ2n) is 13.7.